The highest BCUT2D eigenvalue weighted by molar-refractivity contribution is 9.10. The molecule has 8 heteroatoms. The van der Waals surface area contributed by atoms with Crippen LogP contribution in [0.5, 0.6) is 0 Å². The number of amides is 1. The summed E-state index contributed by atoms with van der Waals surface area (Å²) in [5, 5.41) is 0. The van der Waals surface area contributed by atoms with E-state index in [1.807, 2.05) is 0 Å². The first-order valence-electron chi connectivity index (χ1n) is 7.49. The first kappa shape index (κ1) is 18.5. The van der Waals surface area contributed by atoms with Gasteiger partial charge in [-0.3, -0.25) is 9.69 Å². The Morgan fingerprint density at radius 3 is 2.46 bits per heavy atom. The zero-order chi connectivity index (χ0) is 18.2. The lowest BCUT2D eigenvalue weighted by Gasteiger charge is -2.36. The van der Waals surface area contributed by atoms with Crippen LogP contribution in [0.3, 0.4) is 0 Å². The quantitative estimate of drug-likeness (QED) is 0.673. The molecule has 1 aliphatic rings. The van der Waals surface area contributed by atoms with Gasteiger partial charge in [0.1, 0.15) is 11.6 Å². The monoisotopic (exact) mass is 400 g/mol. The highest BCUT2D eigenvalue weighted by Crippen LogP contribution is 2.29. The Labute approximate surface area is 148 Å². The first-order chi connectivity index (χ1) is 11.0. The van der Waals surface area contributed by atoms with E-state index in [0.29, 0.717) is 15.6 Å². The van der Waals surface area contributed by atoms with E-state index in [0.717, 1.165) is 0 Å². The van der Waals surface area contributed by atoms with Crippen LogP contribution in [-0.4, -0.2) is 40.3 Å². The maximum atomic E-state index is 12.5. The number of halogens is 1. The molecule has 1 aromatic heterocycles. The maximum absolute atomic E-state index is 12.5. The molecule has 0 spiro atoms. The summed E-state index contributed by atoms with van der Waals surface area (Å²) in [6, 6.07) is -0.889. The lowest BCUT2D eigenvalue weighted by Crippen LogP contribution is -2.52. The van der Waals surface area contributed by atoms with Crippen molar-refractivity contribution in [1.29, 1.82) is 0 Å². The molecular formula is C16H21BrN2O5. The molecule has 0 aliphatic carbocycles. The van der Waals surface area contributed by atoms with Gasteiger partial charge in [0.2, 0.25) is 0 Å². The van der Waals surface area contributed by atoms with Crippen molar-refractivity contribution in [2.45, 2.75) is 45.4 Å². The maximum Gasteiger partial charge on any atom is 0.411 e. The van der Waals surface area contributed by atoms with Gasteiger partial charge in [0.25, 0.3) is 5.56 Å². The Morgan fingerprint density at radius 1 is 1.29 bits per heavy atom. The zero-order valence-electron chi connectivity index (χ0n) is 14.4. The Balaban J connectivity index is 2.48. The summed E-state index contributed by atoms with van der Waals surface area (Å²) in [5.41, 5.74) is 0.305. The number of hydrogen-bond acceptors (Lipinski definition) is 5. The van der Waals surface area contributed by atoms with E-state index in [-0.39, 0.29) is 18.5 Å². The Bertz CT molecular complexity index is 735. The number of ether oxygens (including phenoxy) is 2. The number of hydrogen-bond donors (Lipinski definition) is 0. The highest BCUT2D eigenvalue weighted by Gasteiger charge is 2.39. The van der Waals surface area contributed by atoms with Crippen molar-refractivity contribution < 1.29 is 19.1 Å². The smallest absolute Gasteiger partial charge is 0.411 e. The minimum atomic E-state index is -0.889. The van der Waals surface area contributed by atoms with Gasteiger partial charge in [0, 0.05) is 29.7 Å². The minimum absolute atomic E-state index is 0.0906. The third-order valence-corrected chi connectivity index (χ3v) is 4.42. The number of aryl methyl sites for hydroxylation is 1. The second kappa shape index (κ2) is 6.58. The average molecular weight is 401 g/mol. The van der Waals surface area contributed by atoms with E-state index in [4.69, 9.17) is 9.47 Å². The molecule has 0 N–H and O–H groups in total. The SMILES string of the molecule is COC(=O)C1Cc2c(c(Br)cn(C)c2=O)CN1C(=O)OC(C)(C)C. The largest absolute Gasteiger partial charge is 0.467 e. The number of pyridine rings is 1. The van der Waals surface area contributed by atoms with E-state index in [2.05, 4.69) is 15.9 Å². The fourth-order valence-corrected chi connectivity index (χ4v) is 3.29. The lowest BCUT2D eigenvalue weighted by atomic mass is 9.95. The number of fused-ring (bicyclic) bond motifs is 1. The van der Waals surface area contributed by atoms with E-state index in [9.17, 15) is 14.4 Å². The number of methoxy groups -OCH3 is 1. The van der Waals surface area contributed by atoms with Gasteiger partial charge < -0.3 is 14.0 Å². The summed E-state index contributed by atoms with van der Waals surface area (Å²) in [4.78, 5) is 38.4. The van der Waals surface area contributed by atoms with Crippen LogP contribution in [-0.2, 0) is 34.3 Å². The predicted molar refractivity (Wildman–Crippen MR) is 90.7 cm³/mol. The molecule has 1 aliphatic heterocycles. The number of esters is 1. The number of aromatic nitrogens is 1. The van der Waals surface area contributed by atoms with Gasteiger partial charge in [-0.2, -0.15) is 0 Å². The van der Waals surface area contributed by atoms with Gasteiger partial charge in [-0.05, 0) is 42.3 Å². The standard InChI is InChI=1S/C16H21BrN2O5/c1-16(2,3)24-15(22)19-7-10-9(6-12(19)14(21)23-5)13(20)18(4)8-11(10)17/h8,12H,6-7H2,1-5H3. The van der Waals surface area contributed by atoms with Crippen molar-refractivity contribution in [3.05, 3.63) is 32.2 Å². The Hall–Kier alpha value is -1.83. The van der Waals surface area contributed by atoms with Gasteiger partial charge in [-0.15, -0.1) is 0 Å². The van der Waals surface area contributed by atoms with Gasteiger partial charge in [-0.1, -0.05) is 0 Å². The van der Waals surface area contributed by atoms with Gasteiger partial charge in [0.05, 0.1) is 13.7 Å². The van der Waals surface area contributed by atoms with E-state index in [1.165, 1.54) is 16.6 Å². The second-order valence-corrected chi connectivity index (χ2v) is 7.56. The zero-order valence-corrected chi connectivity index (χ0v) is 16.0. The Morgan fingerprint density at radius 2 is 1.92 bits per heavy atom. The molecule has 2 rings (SSSR count). The number of rotatable bonds is 1. The van der Waals surface area contributed by atoms with Crippen LogP contribution >= 0.6 is 15.9 Å². The molecule has 0 saturated heterocycles. The first-order valence-corrected chi connectivity index (χ1v) is 8.28. The summed E-state index contributed by atoms with van der Waals surface area (Å²) < 4.78 is 12.3. The Kier molecular flexibility index (Phi) is 5.08. The van der Waals surface area contributed by atoms with Crippen LogP contribution < -0.4 is 5.56 Å². The van der Waals surface area contributed by atoms with Crippen molar-refractivity contribution in [3.63, 3.8) is 0 Å². The van der Waals surface area contributed by atoms with Crippen LogP contribution in [0, 0.1) is 0 Å². The average Bonchev–Trinajstić information content (AvgIpc) is 2.49. The molecule has 1 atom stereocenters. The van der Waals surface area contributed by atoms with Crippen LogP contribution in [0.2, 0.25) is 0 Å². The summed E-state index contributed by atoms with van der Waals surface area (Å²) in [7, 11) is 2.89. The van der Waals surface area contributed by atoms with Crippen molar-refractivity contribution in [1.82, 2.24) is 9.47 Å². The molecule has 24 heavy (non-hydrogen) atoms. The van der Waals surface area contributed by atoms with Crippen LogP contribution in [0.4, 0.5) is 4.79 Å². The van der Waals surface area contributed by atoms with Crippen molar-refractivity contribution in [2.75, 3.05) is 7.11 Å². The van der Waals surface area contributed by atoms with E-state index in [1.54, 1.807) is 34.0 Å². The number of nitrogens with zero attached hydrogens (tertiary/aromatic N) is 2. The van der Waals surface area contributed by atoms with Crippen LogP contribution in [0.1, 0.15) is 31.9 Å². The van der Waals surface area contributed by atoms with E-state index >= 15 is 0 Å². The molecule has 1 unspecified atom stereocenters. The third-order valence-electron chi connectivity index (χ3n) is 3.74. The predicted octanol–water partition coefficient (Wildman–Crippen LogP) is 1.98. The summed E-state index contributed by atoms with van der Waals surface area (Å²) >= 11 is 3.42. The molecular weight excluding hydrogens is 380 g/mol. The molecule has 2 heterocycles. The number of carbonyl (C=O) groups is 2. The summed E-state index contributed by atoms with van der Waals surface area (Å²) in [6.45, 7) is 5.35. The molecule has 1 aromatic rings. The molecule has 0 bridgehead atoms. The van der Waals surface area contributed by atoms with Gasteiger partial charge in [-0.25, -0.2) is 9.59 Å². The van der Waals surface area contributed by atoms with Crippen molar-refractivity contribution >= 4 is 28.0 Å². The van der Waals surface area contributed by atoms with Gasteiger partial charge >= 0.3 is 12.1 Å². The normalized spacial score (nSPS) is 17.2. The lowest BCUT2D eigenvalue weighted by molar-refractivity contribution is -0.147. The number of carbonyl (C=O) groups excluding carboxylic acids is 2. The minimum Gasteiger partial charge on any atom is -0.467 e. The van der Waals surface area contributed by atoms with E-state index < -0.39 is 23.7 Å². The van der Waals surface area contributed by atoms with Gasteiger partial charge in [0.15, 0.2) is 0 Å². The molecule has 1 amide bonds. The second-order valence-electron chi connectivity index (χ2n) is 6.70. The fraction of sp³-hybridized carbons (Fsp3) is 0.562. The molecule has 0 aromatic carbocycles. The van der Waals surface area contributed by atoms with Crippen molar-refractivity contribution in [3.8, 4) is 0 Å². The molecule has 0 radical (unpaired) electrons. The molecule has 0 fully saturated rings. The third kappa shape index (κ3) is 3.63. The van der Waals surface area contributed by atoms with Crippen molar-refractivity contribution in [2.24, 2.45) is 7.05 Å². The molecule has 0 saturated carbocycles. The molecule has 132 valence electrons. The summed E-state index contributed by atoms with van der Waals surface area (Å²) in [6.07, 6.45) is 1.12. The summed E-state index contributed by atoms with van der Waals surface area (Å²) in [5.74, 6) is -0.575. The fourth-order valence-electron chi connectivity index (χ4n) is 2.62. The molecule has 7 nitrogen and oxygen atoms in total. The van der Waals surface area contributed by atoms with Crippen LogP contribution in [0.25, 0.3) is 0 Å². The van der Waals surface area contributed by atoms with Crippen LogP contribution in [0.15, 0.2) is 15.5 Å². The highest BCUT2D eigenvalue weighted by atomic mass is 79.9. The topological polar surface area (TPSA) is 77.8 Å².